The van der Waals surface area contributed by atoms with Crippen LogP contribution in [0, 0.1) is 5.92 Å². The van der Waals surface area contributed by atoms with Gasteiger partial charge in [-0.05, 0) is 31.2 Å². The lowest BCUT2D eigenvalue weighted by Gasteiger charge is -2.33. The Labute approximate surface area is 108 Å². The van der Waals surface area contributed by atoms with Crippen LogP contribution in [0.2, 0.25) is 0 Å². The Morgan fingerprint density at radius 3 is 2.50 bits per heavy atom. The monoisotopic (exact) mass is 247 g/mol. The summed E-state index contributed by atoms with van der Waals surface area (Å²) >= 11 is 0. The Hall–Kier alpha value is -1.35. The average Bonchev–Trinajstić information content (AvgIpc) is 2.47. The number of hydrogen-bond acceptors (Lipinski definition) is 2. The number of nitrogens with zero attached hydrogens (tertiary/aromatic N) is 1. The lowest BCUT2D eigenvalue weighted by atomic mass is 9.95. The highest BCUT2D eigenvalue weighted by Crippen LogP contribution is 2.22. The van der Waals surface area contributed by atoms with Crippen molar-refractivity contribution in [3.05, 3.63) is 35.9 Å². The second kappa shape index (κ2) is 6.01. The molecule has 1 aromatic rings. The zero-order chi connectivity index (χ0) is 13.0. The first-order valence-corrected chi connectivity index (χ1v) is 6.67. The first kappa shape index (κ1) is 13.1. The van der Waals surface area contributed by atoms with Crippen LogP contribution in [0.3, 0.4) is 0 Å². The molecule has 1 N–H and O–H groups in total. The lowest BCUT2D eigenvalue weighted by Crippen LogP contribution is -2.41. The van der Waals surface area contributed by atoms with E-state index in [0.29, 0.717) is 5.92 Å². The zero-order valence-electron chi connectivity index (χ0n) is 10.9. The van der Waals surface area contributed by atoms with Crippen LogP contribution in [-0.2, 0) is 4.79 Å². The number of carbonyl (C=O) groups is 1. The van der Waals surface area contributed by atoms with Gasteiger partial charge in [0.25, 0.3) is 0 Å². The van der Waals surface area contributed by atoms with Gasteiger partial charge in [0.05, 0.1) is 5.92 Å². The summed E-state index contributed by atoms with van der Waals surface area (Å²) in [6.45, 7) is 3.77. The molecule has 1 fully saturated rings. The number of piperidine rings is 1. The van der Waals surface area contributed by atoms with Gasteiger partial charge in [-0.2, -0.15) is 0 Å². The summed E-state index contributed by atoms with van der Waals surface area (Å²) in [5.41, 5.74) is 1.08. The molecule has 0 radical (unpaired) electrons. The fourth-order valence-corrected chi connectivity index (χ4v) is 2.49. The summed E-state index contributed by atoms with van der Waals surface area (Å²) in [7, 11) is 0. The molecule has 0 aliphatic carbocycles. The Kier molecular flexibility index (Phi) is 4.37. The standard InChI is InChI=1S/C15H21NO2/c1-12(14-5-3-2-4-6-14)15(18)16-9-7-13(11-17)8-10-16/h2-6,12-13,17H,7-11H2,1H3. The molecule has 1 aromatic carbocycles. The van der Waals surface area contributed by atoms with Crippen molar-refractivity contribution >= 4 is 5.91 Å². The number of benzene rings is 1. The van der Waals surface area contributed by atoms with Crippen LogP contribution in [0.1, 0.15) is 31.2 Å². The maximum atomic E-state index is 12.4. The summed E-state index contributed by atoms with van der Waals surface area (Å²) in [6, 6.07) is 9.91. The van der Waals surface area contributed by atoms with Gasteiger partial charge in [-0.25, -0.2) is 0 Å². The van der Waals surface area contributed by atoms with Crippen LogP contribution >= 0.6 is 0 Å². The molecule has 0 bridgehead atoms. The molecule has 2 rings (SSSR count). The minimum absolute atomic E-state index is 0.0723. The Morgan fingerprint density at radius 1 is 1.33 bits per heavy atom. The maximum absolute atomic E-state index is 12.4. The van der Waals surface area contributed by atoms with E-state index in [4.69, 9.17) is 5.11 Å². The van der Waals surface area contributed by atoms with E-state index in [1.807, 2.05) is 42.2 Å². The van der Waals surface area contributed by atoms with Crippen molar-refractivity contribution < 1.29 is 9.90 Å². The predicted molar refractivity (Wildman–Crippen MR) is 71.2 cm³/mol. The molecule has 18 heavy (non-hydrogen) atoms. The van der Waals surface area contributed by atoms with Crippen molar-refractivity contribution in [2.24, 2.45) is 5.92 Å². The summed E-state index contributed by atoms with van der Waals surface area (Å²) in [4.78, 5) is 14.3. The molecular weight excluding hydrogens is 226 g/mol. The van der Waals surface area contributed by atoms with E-state index in [0.717, 1.165) is 31.5 Å². The van der Waals surface area contributed by atoms with Crippen LogP contribution in [0.4, 0.5) is 0 Å². The SMILES string of the molecule is CC(C(=O)N1CCC(CO)CC1)c1ccccc1. The van der Waals surface area contributed by atoms with Crippen molar-refractivity contribution in [1.82, 2.24) is 4.90 Å². The van der Waals surface area contributed by atoms with E-state index < -0.39 is 0 Å². The van der Waals surface area contributed by atoms with Crippen LogP contribution in [-0.4, -0.2) is 35.6 Å². The minimum Gasteiger partial charge on any atom is -0.396 e. The molecule has 0 spiro atoms. The fourth-order valence-electron chi connectivity index (χ4n) is 2.49. The van der Waals surface area contributed by atoms with Crippen molar-refractivity contribution in [2.45, 2.75) is 25.7 Å². The third-order valence-electron chi connectivity index (χ3n) is 3.85. The molecule has 1 atom stereocenters. The third kappa shape index (κ3) is 2.91. The van der Waals surface area contributed by atoms with Crippen LogP contribution in [0.5, 0.6) is 0 Å². The first-order chi connectivity index (χ1) is 8.72. The second-order valence-corrected chi connectivity index (χ2v) is 5.08. The summed E-state index contributed by atoms with van der Waals surface area (Å²) in [6.07, 6.45) is 1.84. The molecule has 3 heteroatoms. The van der Waals surface area contributed by atoms with E-state index in [1.54, 1.807) is 0 Å². The number of likely N-dealkylation sites (tertiary alicyclic amines) is 1. The molecule has 1 heterocycles. The fraction of sp³-hybridized carbons (Fsp3) is 0.533. The van der Waals surface area contributed by atoms with Gasteiger partial charge < -0.3 is 10.0 Å². The van der Waals surface area contributed by atoms with Gasteiger partial charge in [0, 0.05) is 19.7 Å². The predicted octanol–water partition coefficient (Wildman–Crippen LogP) is 2.02. The van der Waals surface area contributed by atoms with E-state index in [-0.39, 0.29) is 18.4 Å². The van der Waals surface area contributed by atoms with Gasteiger partial charge in [-0.1, -0.05) is 30.3 Å². The molecule has 0 saturated carbocycles. The van der Waals surface area contributed by atoms with Gasteiger partial charge in [-0.15, -0.1) is 0 Å². The number of amides is 1. The van der Waals surface area contributed by atoms with Crippen LogP contribution in [0.25, 0.3) is 0 Å². The van der Waals surface area contributed by atoms with E-state index in [9.17, 15) is 4.79 Å². The molecular formula is C15H21NO2. The van der Waals surface area contributed by atoms with Crippen molar-refractivity contribution in [1.29, 1.82) is 0 Å². The van der Waals surface area contributed by atoms with E-state index in [2.05, 4.69) is 0 Å². The Balaban J connectivity index is 1.96. The highest BCUT2D eigenvalue weighted by Gasteiger charge is 2.26. The highest BCUT2D eigenvalue weighted by molar-refractivity contribution is 5.83. The minimum atomic E-state index is -0.0723. The lowest BCUT2D eigenvalue weighted by molar-refractivity contribution is -0.134. The second-order valence-electron chi connectivity index (χ2n) is 5.08. The maximum Gasteiger partial charge on any atom is 0.229 e. The average molecular weight is 247 g/mol. The van der Waals surface area contributed by atoms with Crippen molar-refractivity contribution in [3.63, 3.8) is 0 Å². The molecule has 0 aromatic heterocycles. The van der Waals surface area contributed by atoms with Gasteiger partial charge in [-0.3, -0.25) is 4.79 Å². The van der Waals surface area contributed by atoms with Gasteiger partial charge in [0.2, 0.25) is 5.91 Å². The van der Waals surface area contributed by atoms with Gasteiger partial charge >= 0.3 is 0 Å². The highest BCUT2D eigenvalue weighted by atomic mass is 16.3. The number of rotatable bonds is 3. The van der Waals surface area contributed by atoms with Crippen LogP contribution in [0.15, 0.2) is 30.3 Å². The number of aliphatic hydroxyl groups is 1. The van der Waals surface area contributed by atoms with Gasteiger partial charge in [0.15, 0.2) is 0 Å². The molecule has 1 saturated heterocycles. The normalized spacial score (nSPS) is 18.7. The Morgan fingerprint density at radius 2 is 1.94 bits per heavy atom. The number of aliphatic hydroxyl groups excluding tert-OH is 1. The number of carbonyl (C=O) groups excluding carboxylic acids is 1. The summed E-state index contributed by atoms with van der Waals surface area (Å²) in [5.74, 6) is 0.510. The smallest absolute Gasteiger partial charge is 0.229 e. The molecule has 1 aliphatic rings. The molecule has 3 nitrogen and oxygen atoms in total. The number of hydrogen-bond donors (Lipinski definition) is 1. The summed E-state index contributed by atoms with van der Waals surface area (Å²) in [5, 5.41) is 9.10. The Bertz CT molecular complexity index is 383. The van der Waals surface area contributed by atoms with Crippen LogP contribution < -0.4 is 0 Å². The summed E-state index contributed by atoms with van der Waals surface area (Å²) < 4.78 is 0. The molecule has 98 valence electrons. The molecule has 1 unspecified atom stereocenters. The van der Waals surface area contributed by atoms with Crippen molar-refractivity contribution in [3.8, 4) is 0 Å². The van der Waals surface area contributed by atoms with E-state index >= 15 is 0 Å². The van der Waals surface area contributed by atoms with Crippen molar-refractivity contribution in [2.75, 3.05) is 19.7 Å². The molecule has 1 aliphatic heterocycles. The topological polar surface area (TPSA) is 40.5 Å². The molecule has 1 amide bonds. The first-order valence-electron chi connectivity index (χ1n) is 6.67. The van der Waals surface area contributed by atoms with Gasteiger partial charge in [0.1, 0.15) is 0 Å². The van der Waals surface area contributed by atoms with E-state index in [1.165, 1.54) is 0 Å². The largest absolute Gasteiger partial charge is 0.396 e. The zero-order valence-corrected chi connectivity index (χ0v) is 10.9. The third-order valence-corrected chi connectivity index (χ3v) is 3.85. The quantitative estimate of drug-likeness (QED) is 0.887.